The van der Waals surface area contributed by atoms with Crippen molar-refractivity contribution < 1.29 is 22.5 Å². The monoisotopic (exact) mass is 584 g/mol. The van der Waals surface area contributed by atoms with Gasteiger partial charge in [0.15, 0.2) is 0 Å². The number of aliphatic hydroxyl groups is 1. The van der Waals surface area contributed by atoms with Crippen LogP contribution in [0.2, 0.25) is 5.02 Å². The van der Waals surface area contributed by atoms with Gasteiger partial charge in [-0.05, 0) is 42.7 Å². The number of ketones is 1. The fourth-order valence-corrected chi connectivity index (χ4v) is 4.88. The van der Waals surface area contributed by atoms with Crippen LogP contribution in [0.25, 0.3) is 0 Å². The molecule has 0 bridgehead atoms. The predicted octanol–water partition coefficient (Wildman–Crippen LogP) is 2.14. The van der Waals surface area contributed by atoms with Crippen molar-refractivity contribution >= 4 is 49.4 Å². The number of benzene rings is 1. The summed E-state index contributed by atoms with van der Waals surface area (Å²) in [6.07, 6.45) is 4.31. The minimum Gasteiger partial charge on any atom is -0.393 e. The number of aliphatic hydroxyl groups excluding tert-OH is 1. The molecule has 0 radical (unpaired) electrons. The molecule has 35 heavy (non-hydrogen) atoms. The number of hydrogen-bond acceptors (Lipinski definition) is 9. The summed E-state index contributed by atoms with van der Waals surface area (Å²) in [5, 5.41) is 23.3. The Balaban J connectivity index is 1.46. The molecule has 1 aromatic carbocycles. The van der Waals surface area contributed by atoms with E-state index in [2.05, 4.69) is 40.5 Å². The number of nitrogens with two attached hydrogens (primary N) is 1. The van der Waals surface area contributed by atoms with E-state index >= 15 is 0 Å². The molecular weight excluding hydrogens is 564 g/mol. The number of aromatic nitrogens is 4. The Morgan fingerprint density at radius 3 is 2.91 bits per heavy atom. The number of nitrogens with one attached hydrogen (secondary N) is 1. The Morgan fingerprint density at radius 2 is 2.14 bits per heavy atom. The van der Waals surface area contributed by atoms with Crippen molar-refractivity contribution in [1.29, 1.82) is 0 Å². The van der Waals surface area contributed by atoms with Crippen LogP contribution in [0.15, 0.2) is 47.5 Å². The third-order valence-corrected chi connectivity index (χ3v) is 6.94. The summed E-state index contributed by atoms with van der Waals surface area (Å²) in [7, 11) is -4.10. The molecule has 4 N–H and O–H groups in total. The van der Waals surface area contributed by atoms with Crippen molar-refractivity contribution in [3.8, 4) is 0 Å². The first-order chi connectivity index (χ1) is 16.6. The molecule has 1 saturated carbocycles. The van der Waals surface area contributed by atoms with E-state index in [9.17, 15) is 18.3 Å². The second kappa shape index (κ2) is 10.7. The first-order valence-corrected chi connectivity index (χ1v) is 13.2. The quantitative estimate of drug-likeness (QED) is 0.319. The lowest BCUT2D eigenvalue weighted by molar-refractivity contribution is 0.101. The van der Waals surface area contributed by atoms with Gasteiger partial charge in [0.05, 0.1) is 24.8 Å². The molecule has 186 valence electrons. The summed E-state index contributed by atoms with van der Waals surface area (Å²) in [5.74, 6) is -0.521. The third-order valence-electron chi connectivity index (χ3n) is 5.61. The molecule has 1 aliphatic rings. The van der Waals surface area contributed by atoms with Crippen LogP contribution in [0.1, 0.15) is 34.5 Å². The lowest BCUT2D eigenvalue weighted by Crippen LogP contribution is -2.24. The van der Waals surface area contributed by atoms with E-state index in [0.717, 1.165) is 10.0 Å². The molecule has 2 heterocycles. The molecule has 1 aliphatic carbocycles. The molecule has 0 spiro atoms. The number of rotatable bonds is 9. The number of nitrogens with zero attached hydrogens (tertiary/aromatic N) is 4. The molecule has 2 aromatic heterocycles. The topological polar surface area (TPSA) is 162 Å². The summed E-state index contributed by atoms with van der Waals surface area (Å²) < 4.78 is 29.2. The molecule has 1 fully saturated rings. The highest BCUT2D eigenvalue weighted by Gasteiger charge is 2.34. The van der Waals surface area contributed by atoms with Gasteiger partial charge in [0.25, 0.3) is 0 Å². The van der Waals surface area contributed by atoms with E-state index in [4.69, 9.17) is 16.7 Å². The van der Waals surface area contributed by atoms with Crippen LogP contribution in [0.4, 0.5) is 5.82 Å². The minimum absolute atomic E-state index is 0.208. The van der Waals surface area contributed by atoms with E-state index < -0.39 is 22.3 Å². The molecule has 3 atom stereocenters. The number of anilines is 1. The van der Waals surface area contributed by atoms with Crippen LogP contribution < -0.4 is 10.5 Å². The molecule has 0 aliphatic heterocycles. The molecular formula is C21H22BrClN6O5S. The van der Waals surface area contributed by atoms with Crippen LogP contribution in [0, 0.1) is 5.92 Å². The first-order valence-electron chi connectivity index (χ1n) is 10.5. The summed E-state index contributed by atoms with van der Waals surface area (Å²) in [6.45, 7) is 0.150. The normalized spacial score (nSPS) is 20.2. The van der Waals surface area contributed by atoms with Crippen molar-refractivity contribution in [3.05, 3.63) is 69.3 Å². The zero-order valence-electron chi connectivity index (χ0n) is 18.2. The van der Waals surface area contributed by atoms with Crippen molar-refractivity contribution in [3.63, 3.8) is 0 Å². The van der Waals surface area contributed by atoms with Crippen LogP contribution in [-0.4, -0.2) is 57.8 Å². The van der Waals surface area contributed by atoms with Gasteiger partial charge in [0.1, 0.15) is 17.8 Å². The van der Waals surface area contributed by atoms with E-state index in [1.807, 2.05) is 12.1 Å². The molecule has 0 unspecified atom stereocenters. The molecule has 11 nitrogen and oxygen atoms in total. The van der Waals surface area contributed by atoms with Gasteiger partial charge in [-0.1, -0.05) is 27.5 Å². The van der Waals surface area contributed by atoms with E-state index in [1.165, 1.54) is 12.5 Å². The Kier molecular flexibility index (Phi) is 7.83. The third kappa shape index (κ3) is 6.63. The Morgan fingerprint density at radius 1 is 1.34 bits per heavy atom. The Labute approximate surface area is 215 Å². The molecule has 4 rings (SSSR count). The van der Waals surface area contributed by atoms with Crippen LogP contribution in [0.5, 0.6) is 0 Å². The van der Waals surface area contributed by atoms with Crippen LogP contribution >= 0.6 is 27.5 Å². The number of hydrogen-bond donors (Lipinski definition) is 3. The fourth-order valence-electron chi connectivity index (χ4n) is 3.93. The second-order valence-electron chi connectivity index (χ2n) is 8.17. The summed E-state index contributed by atoms with van der Waals surface area (Å²) in [4.78, 5) is 21.4. The lowest BCUT2D eigenvalue weighted by atomic mass is 10.1. The van der Waals surface area contributed by atoms with Crippen molar-refractivity contribution in [2.45, 2.75) is 31.5 Å². The summed E-state index contributed by atoms with van der Waals surface area (Å²) >= 11 is 9.68. The summed E-state index contributed by atoms with van der Waals surface area (Å²) in [6, 6.07) is 6.84. The number of carbonyl (C=O) groups excluding carboxylic acids is 1. The highest BCUT2D eigenvalue weighted by molar-refractivity contribution is 9.10. The van der Waals surface area contributed by atoms with Crippen LogP contribution in [-0.2, 0) is 21.0 Å². The zero-order chi connectivity index (χ0) is 25.2. The molecule has 0 saturated heterocycles. The van der Waals surface area contributed by atoms with Gasteiger partial charge in [0.2, 0.25) is 5.78 Å². The largest absolute Gasteiger partial charge is 0.393 e. The average molecular weight is 586 g/mol. The minimum atomic E-state index is -4.10. The molecule has 14 heteroatoms. The van der Waals surface area contributed by atoms with E-state index in [-0.39, 0.29) is 29.7 Å². The highest BCUT2D eigenvalue weighted by Crippen LogP contribution is 2.30. The van der Waals surface area contributed by atoms with Gasteiger partial charge in [-0.3, -0.25) is 13.7 Å². The van der Waals surface area contributed by atoms with Gasteiger partial charge in [-0.15, -0.1) is 0 Å². The van der Waals surface area contributed by atoms with Crippen molar-refractivity contribution in [1.82, 2.24) is 19.7 Å². The van der Waals surface area contributed by atoms with Crippen molar-refractivity contribution in [2.24, 2.45) is 11.1 Å². The van der Waals surface area contributed by atoms with Gasteiger partial charge >= 0.3 is 10.3 Å². The van der Waals surface area contributed by atoms with Gasteiger partial charge < -0.3 is 10.4 Å². The Hall–Kier alpha value is -2.42. The van der Waals surface area contributed by atoms with Crippen molar-refractivity contribution in [2.75, 3.05) is 11.9 Å². The molecule has 3 aromatic rings. The second-order valence-corrected chi connectivity index (χ2v) is 10.7. The molecule has 0 amide bonds. The Bertz CT molecular complexity index is 1340. The SMILES string of the molecule is NS(=O)(=O)OC[C@H]1C[C@@H](Nc2ncncc2C(=O)c2ccn(Cc3cc(Br)ccc3Cl)n2)C[C@@H]1O. The maximum absolute atomic E-state index is 13.2. The van der Waals surface area contributed by atoms with E-state index in [1.54, 1.807) is 23.0 Å². The number of halogens is 2. The highest BCUT2D eigenvalue weighted by atomic mass is 79.9. The average Bonchev–Trinajstić information content (AvgIpc) is 3.40. The maximum Gasteiger partial charge on any atom is 0.333 e. The number of carbonyl (C=O) groups is 1. The van der Waals surface area contributed by atoms with Crippen LogP contribution in [0.3, 0.4) is 0 Å². The zero-order valence-corrected chi connectivity index (χ0v) is 21.4. The summed E-state index contributed by atoms with van der Waals surface area (Å²) in [5.41, 5.74) is 1.27. The maximum atomic E-state index is 13.2. The van der Waals surface area contributed by atoms with E-state index in [0.29, 0.717) is 30.2 Å². The fraction of sp³-hybridized carbons (Fsp3) is 0.333. The van der Waals surface area contributed by atoms with Gasteiger partial charge in [-0.25, -0.2) is 15.1 Å². The lowest BCUT2D eigenvalue weighted by Gasteiger charge is -2.15. The van der Waals surface area contributed by atoms with Gasteiger partial charge in [-0.2, -0.15) is 13.5 Å². The predicted molar refractivity (Wildman–Crippen MR) is 131 cm³/mol. The van der Waals surface area contributed by atoms with Gasteiger partial charge in [0, 0.05) is 33.8 Å². The standard InChI is InChI=1S/C21H22BrClN6O5S/c22-14-1-2-17(23)12(5-14)9-29-4-3-18(28-29)20(31)16-8-25-11-26-21(16)27-15-6-13(19(30)7-15)10-34-35(24,32)33/h1-5,8,11,13,15,19,30H,6-7,9-10H2,(H2,24,32,33)(H,25,26,27)/t13-,15-,19+/m1/s1. The first kappa shape index (κ1) is 25.7. The smallest absolute Gasteiger partial charge is 0.333 e.